The van der Waals surface area contributed by atoms with Crippen molar-refractivity contribution < 1.29 is 0 Å². The van der Waals surface area contributed by atoms with Crippen LogP contribution in [0.2, 0.25) is 0 Å². The molecule has 26 rings (SSSR count). The summed E-state index contributed by atoms with van der Waals surface area (Å²) in [6.45, 7) is 9.54. The van der Waals surface area contributed by atoms with E-state index in [0.29, 0.717) is 0 Å². The fourth-order valence-electron chi connectivity index (χ4n) is 22.3. The van der Waals surface area contributed by atoms with Crippen LogP contribution in [-0.2, 0) is 10.8 Å². The average molecular weight is 1660 g/mol. The van der Waals surface area contributed by atoms with Gasteiger partial charge >= 0.3 is 0 Å². The van der Waals surface area contributed by atoms with Gasteiger partial charge in [0.15, 0.2) is 0 Å². The first-order chi connectivity index (χ1) is 64.0. The van der Waals surface area contributed by atoms with Crippen LogP contribution >= 0.6 is 0 Å². The normalized spacial score (nSPS) is 12.9. The molecular formula is C126H88N4. The molecule has 0 aliphatic heterocycles. The van der Waals surface area contributed by atoms with Crippen molar-refractivity contribution in [3.63, 3.8) is 0 Å². The lowest BCUT2D eigenvalue weighted by Gasteiger charge is -2.29. The molecule has 0 radical (unpaired) electrons. The summed E-state index contributed by atoms with van der Waals surface area (Å²) in [5.41, 5.74) is 34.2. The summed E-state index contributed by atoms with van der Waals surface area (Å²) in [7, 11) is 0. The Morgan fingerprint density at radius 3 is 1.02 bits per heavy atom. The fourth-order valence-corrected chi connectivity index (χ4v) is 22.3. The molecule has 0 saturated carbocycles. The minimum absolute atomic E-state index is 0.125. The molecule has 22 aromatic carbocycles. The Morgan fingerprint density at radius 1 is 0.185 bits per heavy atom. The summed E-state index contributed by atoms with van der Waals surface area (Å²) in [4.78, 5) is 4.92. The van der Waals surface area contributed by atoms with Crippen molar-refractivity contribution >= 4 is 142 Å². The molecule has 0 N–H and O–H groups in total. The summed E-state index contributed by atoms with van der Waals surface area (Å²) in [5.74, 6) is 0. The van der Waals surface area contributed by atoms with Crippen LogP contribution in [0.1, 0.15) is 49.9 Å². The van der Waals surface area contributed by atoms with E-state index in [4.69, 9.17) is 0 Å². The maximum absolute atomic E-state index is 2.50. The van der Waals surface area contributed by atoms with Crippen molar-refractivity contribution in [2.75, 3.05) is 9.80 Å². The number of benzene rings is 22. The molecule has 0 atom stereocenters. The summed E-state index contributed by atoms with van der Waals surface area (Å²) in [6, 6.07) is 171. The van der Waals surface area contributed by atoms with Gasteiger partial charge in [-0.25, -0.2) is 0 Å². The van der Waals surface area contributed by atoms with Crippen LogP contribution < -0.4 is 9.80 Å². The summed E-state index contributed by atoms with van der Waals surface area (Å²) in [6.07, 6.45) is 0. The molecular weight excluding hydrogens is 1570 g/mol. The number of hydrogen-bond donors (Lipinski definition) is 0. The number of para-hydroxylation sites is 6. The first-order valence-electron chi connectivity index (χ1n) is 45.4. The molecule has 2 aliphatic carbocycles. The second kappa shape index (κ2) is 30.2. The second-order valence-electron chi connectivity index (χ2n) is 36.1. The van der Waals surface area contributed by atoms with Crippen molar-refractivity contribution in [3.8, 4) is 78.1 Å². The predicted octanol–water partition coefficient (Wildman–Crippen LogP) is 34.7. The number of rotatable bonds is 12. The highest BCUT2D eigenvalue weighted by Gasteiger charge is 2.38. The highest BCUT2D eigenvalue weighted by molar-refractivity contribution is 6.27. The van der Waals surface area contributed by atoms with Gasteiger partial charge in [0.1, 0.15) is 0 Å². The number of anilines is 6. The van der Waals surface area contributed by atoms with Gasteiger partial charge in [0.25, 0.3) is 0 Å². The molecule has 0 amide bonds. The standard InChI is InChI=1S/C68H50N2.C58H38N2/c1-67(2)59-28-16-13-23-49(59)51-35-31-43(39-61(51)67)65-54-26-11-12-27-55(54)66(44-32-36-52-50-24-14-17-29-60(50)68(3,4)62(52)40-44)58-42-47(33-37-56(58)65)69(45-19-7-5-8-20-45)48-34-38-64-57(41-48)53-25-15-18-30-63(53)70(64)46-21-9-6-10-22-46;1-3-20-45(21-4-1)59(47-34-35-54-52(38-47)48-24-13-14-28-53(48)60(54)46-22-5-2-6-23-46)55-29-15-27-51-56(43-32-30-39-16-7-9-18-41(39)36-43)49-25-11-12-26-50(49)57(58(51)55)44-33-31-40-17-8-10-19-42(40)37-44/h5-42H,1-4H3;1-38H. The minimum atomic E-state index is -0.139. The predicted molar refractivity (Wildman–Crippen MR) is 553 cm³/mol. The van der Waals surface area contributed by atoms with Crippen LogP contribution in [0.3, 0.4) is 0 Å². The van der Waals surface area contributed by atoms with E-state index in [9.17, 15) is 0 Å². The van der Waals surface area contributed by atoms with E-state index in [2.05, 4.69) is 508 Å². The monoisotopic (exact) mass is 1660 g/mol. The van der Waals surface area contributed by atoms with Gasteiger partial charge in [-0.15, -0.1) is 0 Å². The average Bonchev–Trinajstić information content (AvgIpc) is 0.861. The molecule has 0 unspecified atom stereocenters. The Labute approximate surface area is 756 Å². The molecule has 4 heteroatoms. The van der Waals surface area contributed by atoms with E-state index in [1.807, 2.05) is 0 Å². The molecule has 0 spiro atoms. The molecule has 0 saturated heterocycles. The molecule has 2 heterocycles. The summed E-state index contributed by atoms with van der Waals surface area (Å²) in [5, 5.41) is 19.7. The number of fused-ring (bicyclic) bond motifs is 18. The van der Waals surface area contributed by atoms with Gasteiger partial charge in [0.05, 0.1) is 27.8 Å². The first-order valence-corrected chi connectivity index (χ1v) is 45.4. The van der Waals surface area contributed by atoms with E-state index in [0.717, 1.165) is 45.5 Å². The summed E-state index contributed by atoms with van der Waals surface area (Å²) >= 11 is 0. The van der Waals surface area contributed by atoms with Crippen LogP contribution in [0.5, 0.6) is 0 Å². The highest BCUT2D eigenvalue weighted by atomic mass is 15.2. The van der Waals surface area contributed by atoms with Gasteiger partial charge in [-0.3, -0.25) is 0 Å². The Balaban J connectivity index is 0.000000142. The quantitative estimate of drug-likeness (QED) is 0.113. The van der Waals surface area contributed by atoms with E-state index >= 15 is 0 Å². The number of aromatic nitrogens is 2. The maximum Gasteiger partial charge on any atom is 0.0546 e. The van der Waals surface area contributed by atoms with Gasteiger partial charge in [-0.1, -0.05) is 349 Å². The molecule has 4 nitrogen and oxygen atoms in total. The topological polar surface area (TPSA) is 16.3 Å². The fraction of sp³-hybridized carbons (Fsp3) is 0.0476. The SMILES string of the molecule is CC1(C)c2ccccc2-c2ccc(-c3c4ccccc4c(-c4ccc5c(c4)C(C)(C)c4ccccc4-5)c4cc(N(c5ccccc5)c5ccc6c(c5)c5ccccc5n6-c5ccccc5)ccc34)cc21.c1ccc(N(c2ccc3c(c2)c2ccccc2n3-c2ccccc2)c2cccc3c(-c4ccc5ccccc5c4)c4ccccc4c(-c4ccc5ccccc5c4)c23)cc1. The lowest BCUT2D eigenvalue weighted by atomic mass is 9.79. The first kappa shape index (κ1) is 76.1. The molecule has 612 valence electrons. The molecule has 0 bridgehead atoms. The Bertz CT molecular complexity index is 8730. The van der Waals surface area contributed by atoms with Crippen LogP contribution in [0.25, 0.3) is 186 Å². The largest absolute Gasteiger partial charge is 0.310 e. The van der Waals surface area contributed by atoms with Crippen molar-refractivity contribution in [2.45, 2.75) is 38.5 Å². The summed E-state index contributed by atoms with van der Waals surface area (Å²) < 4.78 is 4.78. The van der Waals surface area contributed by atoms with Crippen LogP contribution in [0, 0.1) is 0 Å². The zero-order valence-electron chi connectivity index (χ0n) is 72.7. The van der Waals surface area contributed by atoms with Crippen molar-refractivity contribution in [2.24, 2.45) is 0 Å². The lowest BCUT2D eigenvalue weighted by molar-refractivity contribution is 0.660. The van der Waals surface area contributed by atoms with E-state index in [-0.39, 0.29) is 10.8 Å². The van der Waals surface area contributed by atoms with Gasteiger partial charge in [-0.2, -0.15) is 0 Å². The van der Waals surface area contributed by atoms with Gasteiger partial charge < -0.3 is 18.9 Å². The third-order valence-electron chi connectivity index (χ3n) is 28.2. The smallest absolute Gasteiger partial charge is 0.0546 e. The maximum atomic E-state index is 2.50. The van der Waals surface area contributed by atoms with Crippen LogP contribution in [0.4, 0.5) is 34.1 Å². The second-order valence-corrected chi connectivity index (χ2v) is 36.1. The van der Waals surface area contributed by atoms with Crippen LogP contribution in [0.15, 0.2) is 461 Å². The molecule has 24 aromatic rings. The minimum Gasteiger partial charge on any atom is -0.310 e. The van der Waals surface area contributed by atoms with E-state index in [1.54, 1.807) is 0 Å². The number of hydrogen-bond acceptors (Lipinski definition) is 2. The Hall–Kier alpha value is -16.4. The van der Waals surface area contributed by atoms with E-state index < -0.39 is 0 Å². The lowest BCUT2D eigenvalue weighted by Crippen LogP contribution is -2.15. The third kappa shape index (κ3) is 12.0. The number of nitrogens with zero attached hydrogens (tertiary/aromatic N) is 4. The van der Waals surface area contributed by atoms with Crippen LogP contribution in [-0.4, -0.2) is 9.13 Å². The van der Waals surface area contributed by atoms with Gasteiger partial charge in [0, 0.05) is 77.6 Å². The van der Waals surface area contributed by atoms with Gasteiger partial charge in [0.2, 0.25) is 0 Å². The van der Waals surface area contributed by atoms with Crippen molar-refractivity contribution in [1.82, 2.24) is 9.13 Å². The zero-order chi connectivity index (χ0) is 86.5. The van der Waals surface area contributed by atoms with Gasteiger partial charge in [-0.05, 0) is 288 Å². The molecule has 2 aromatic heterocycles. The highest BCUT2D eigenvalue weighted by Crippen LogP contribution is 2.57. The molecule has 0 fully saturated rings. The Kier molecular flexibility index (Phi) is 17.7. The Morgan fingerprint density at radius 2 is 0.515 bits per heavy atom. The van der Waals surface area contributed by atoms with E-state index in [1.165, 1.54) is 197 Å². The molecule has 130 heavy (non-hydrogen) atoms. The molecule has 2 aliphatic rings. The van der Waals surface area contributed by atoms with Crippen molar-refractivity contribution in [1.29, 1.82) is 0 Å². The van der Waals surface area contributed by atoms with Crippen molar-refractivity contribution in [3.05, 3.63) is 483 Å². The zero-order valence-corrected chi connectivity index (χ0v) is 72.7. The third-order valence-corrected chi connectivity index (χ3v) is 28.2.